The molecule has 0 aliphatic carbocycles. The van der Waals surface area contributed by atoms with E-state index in [0.717, 1.165) is 22.4 Å². The third kappa shape index (κ3) is 1.91. The van der Waals surface area contributed by atoms with Crippen molar-refractivity contribution in [3.05, 3.63) is 42.1 Å². The highest BCUT2D eigenvalue weighted by Crippen LogP contribution is 2.23. The van der Waals surface area contributed by atoms with Crippen molar-refractivity contribution >= 4 is 17.0 Å². The van der Waals surface area contributed by atoms with E-state index in [1.165, 1.54) is 6.20 Å². The third-order valence-corrected chi connectivity index (χ3v) is 3.25. The monoisotopic (exact) mass is 268 g/mol. The fraction of sp³-hybridized carbons (Fsp3) is 0.143. The van der Waals surface area contributed by atoms with Gasteiger partial charge in [0.2, 0.25) is 5.82 Å². The van der Waals surface area contributed by atoms with Crippen molar-refractivity contribution in [1.82, 2.24) is 19.5 Å². The Morgan fingerprint density at radius 2 is 2.05 bits per heavy atom. The maximum Gasteiger partial charge on any atom is 0.373 e. The van der Waals surface area contributed by atoms with Crippen molar-refractivity contribution in [2.24, 2.45) is 7.05 Å². The third-order valence-electron chi connectivity index (χ3n) is 3.25. The van der Waals surface area contributed by atoms with Crippen molar-refractivity contribution in [2.75, 3.05) is 0 Å². The first-order chi connectivity index (χ1) is 9.56. The number of carboxylic acid groups (broad SMARTS) is 1. The number of hydrogen-bond acceptors (Lipinski definition) is 4. The zero-order valence-electron chi connectivity index (χ0n) is 11.0. The van der Waals surface area contributed by atoms with Crippen molar-refractivity contribution in [1.29, 1.82) is 0 Å². The summed E-state index contributed by atoms with van der Waals surface area (Å²) in [4.78, 5) is 23.1. The molecule has 3 rings (SSSR count). The SMILES string of the molecule is Cc1nc2cc(-c3ccnc(C(=O)O)n3)ccc2n1C. The minimum atomic E-state index is -1.14. The van der Waals surface area contributed by atoms with Crippen LogP contribution < -0.4 is 0 Å². The molecular weight excluding hydrogens is 256 g/mol. The van der Waals surface area contributed by atoms with E-state index < -0.39 is 5.97 Å². The number of benzene rings is 1. The highest BCUT2D eigenvalue weighted by molar-refractivity contribution is 5.85. The number of aryl methyl sites for hydroxylation is 2. The molecule has 0 aliphatic heterocycles. The van der Waals surface area contributed by atoms with Gasteiger partial charge in [-0.1, -0.05) is 6.07 Å². The lowest BCUT2D eigenvalue weighted by molar-refractivity contribution is 0.0683. The number of hydrogen-bond donors (Lipinski definition) is 1. The van der Waals surface area contributed by atoms with Gasteiger partial charge in [0, 0.05) is 18.8 Å². The van der Waals surface area contributed by atoms with Crippen molar-refractivity contribution in [2.45, 2.75) is 6.92 Å². The smallest absolute Gasteiger partial charge is 0.373 e. The van der Waals surface area contributed by atoms with Gasteiger partial charge in [0.1, 0.15) is 5.82 Å². The molecule has 2 heterocycles. The molecular formula is C14H12N4O2. The van der Waals surface area contributed by atoms with Crippen LogP contribution in [0.15, 0.2) is 30.5 Å². The quantitative estimate of drug-likeness (QED) is 0.769. The van der Waals surface area contributed by atoms with Gasteiger partial charge in [0.25, 0.3) is 0 Å². The van der Waals surface area contributed by atoms with Crippen molar-refractivity contribution < 1.29 is 9.90 Å². The zero-order valence-corrected chi connectivity index (χ0v) is 11.0. The topological polar surface area (TPSA) is 80.9 Å². The van der Waals surface area contributed by atoms with Gasteiger partial charge >= 0.3 is 5.97 Å². The van der Waals surface area contributed by atoms with Gasteiger partial charge in [-0.3, -0.25) is 0 Å². The zero-order chi connectivity index (χ0) is 14.3. The first kappa shape index (κ1) is 12.3. The van der Waals surface area contributed by atoms with E-state index >= 15 is 0 Å². The van der Waals surface area contributed by atoms with E-state index in [1.807, 2.05) is 36.7 Å². The lowest BCUT2D eigenvalue weighted by Crippen LogP contribution is -2.04. The van der Waals surface area contributed by atoms with Crippen LogP contribution in [0.25, 0.3) is 22.3 Å². The van der Waals surface area contributed by atoms with Crippen LogP contribution in [-0.4, -0.2) is 30.6 Å². The van der Waals surface area contributed by atoms with E-state index in [1.54, 1.807) is 6.07 Å². The van der Waals surface area contributed by atoms with Crippen LogP contribution in [0.3, 0.4) is 0 Å². The Kier molecular flexibility index (Phi) is 2.71. The van der Waals surface area contributed by atoms with Crippen LogP contribution in [0.1, 0.15) is 16.4 Å². The molecule has 2 aromatic heterocycles. The van der Waals surface area contributed by atoms with Crippen LogP contribution in [0.4, 0.5) is 0 Å². The van der Waals surface area contributed by atoms with Crippen LogP contribution >= 0.6 is 0 Å². The summed E-state index contributed by atoms with van der Waals surface area (Å²) in [6, 6.07) is 7.43. The molecule has 6 nitrogen and oxygen atoms in total. The molecule has 0 amide bonds. The molecule has 0 bridgehead atoms. The molecule has 0 spiro atoms. The number of fused-ring (bicyclic) bond motifs is 1. The first-order valence-corrected chi connectivity index (χ1v) is 6.06. The highest BCUT2D eigenvalue weighted by atomic mass is 16.4. The Morgan fingerprint density at radius 1 is 1.25 bits per heavy atom. The standard InChI is InChI=1S/C14H12N4O2/c1-8-16-11-7-9(3-4-12(11)18(8)2)10-5-6-15-13(17-10)14(19)20/h3-7H,1-2H3,(H,19,20). The molecule has 0 saturated carbocycles. The molecule has 1 N–H and O–H groups in total. The summed E-state index contributed by atoms with van der Waals surface area (Å²) in [6.45, 7) is 1.94. The number of nitrogens with zero attached hydrogens (tertiary/aromatic N) is 4. The minimum Gasteiger partial charge on any atom is -0.475 e. The Bertz CT molecular complexity index is 823. The summed E-state index contributed by atoms with van der Waals surface area (Å²) in [5.41, 5.74) is 3.28. The molecule has 0 radical (unpaired) electrons. The summed E-state index contributed by atoms with van der Waals surface area (Å²) >= 11 is 0. The lowest BCUT2D eigenvalue weighted by Gasteiger charge is -2.02. The molecule has 0 unspecified atom stereocenters. The summed E-state index contributed by atoms with van der Waals surface area (Å²) in [6.07, 6.45) is 1.44. The van der Waals surface area contributed by atoms with Crippen LogP contribution in [0.2, 0.25) is 0 Å². The number of carboxylic acids is 1. The summed E-state index contributed by atoms with van der Waals surface area (Å²) < 4.78 is 2.00. The van der Waals surface area contributed by atoms with Gasteiger partial charge in [0.15, 0.2) is 0 Å². The predicted octanol–water partition coefficient (Wildman–Crippen LogP) is 2.04. The normalized spacial score (nSPS) is 10.9. The van der Waals surface area contributed by atoms with E-state index in [-0.39, 0.29) is 5.82 Å². The lowest BCUT2D eigenvalue weighted by atomic mass is 10.1. The maximum absolute atomic E-state index is 10.9. The van der Waals surface area contributed by atoms with Gasteiger partial charge < -0.3 is 9.67 Å². The molecule has 1 aromatic carbocycles. The van der Waals surface area contributed by atoms with Crippen molar-refractivity contribution in [3.63, 3.8) is 0 Å². The van der Waals surface area contributed by atoms with Crippen LogP contribution in [0, 0.1) is 6.92 Å². The van der Waals surface area contributed by atoms with Crippen LogP contribution in [-0.2, 0) is 7.05 Å². The second kappa shape index (κ2) is 4.41. The average Bonchev–Trinajstić information content (AvgIpc) is 2.74. The fourth-order valence-corrected chi connectivity index (χ4v) is 2.10. The predicted molar refractivity (Wildman–Crippen MR) is 73.4 cm³/mol. The highest BCUT2D eigenvalue weighted by Gasteiger charge is 2.10. The van der Waals surface area contributed by atoms with Gasteiger partial charge in [0.05, 0.1) is 16.7 Å². The van der Waals surface area contributed by atoms with Crippen molar-refractivity contribution in [3.8, 4) is 11.3 Å². The molecule has 100 valence electrons. The summed E-state index contributed by atoms with van der Waals surface area (Å²) in [7, 11) is 1.96. The maximum atomic E-state index is 10.9. The molecule has 3 aromatic rings. The number of rotatable bonds is 2. The Morgan fingerprint density at radius 3 is 2.80 bits per heavy atom. The molecule has 20 heavy (non-hydrogen) atoms. The molecule has 0 atom stereocenters. The number of imidazole rings is 1. The number of aromatic carboxylic acids is 1. The van der Waals surface area contributed by atoms with Gasteiger partial charge in [-0.25, -0.2) is 19.7 Å². The second-order valence-electron chi connectivity index (χ2n) is 4.49. The number of carbonyl (C=O) groups is 1. The Labute approximate surface area is 114 Å². The molecule has 6 heteroatoms. The fourth-order valence-electron chi connectivity index (χ4n) is 2.10. The Balaban J connectivity index is 2.14. The molecule has 0 aliphatic rings. The van der Waals surface area contributed by atoms with Gasteiger partial charge in [-0.05, 0) is 25.1 Å². The van der Waals surface area contributed by atoms with E-state index in [9.17, 15) is 4.79 Å². The second-order valence-corrected chi connectivity index (χ2v) is 4.49. The molecule has 0 fully saturated rings. The van der Waals surface area contributed by atoms with Gasteiger partial charge in [-0.2, -0.15) is 0 Å². The average molecular weight is 268 g/mol. The van der Waals surface area contributed by atoms with E-state index in [2.05, 4.69) is 15.0 Å². The first-order valence-electron chi connectivity index (χ1n) is 6.06. The van der Waals surface area contributed by atoms with Crippen LogP contribution in [0.5, 0.6) is 0 Å². The molecule has 0 saturated heterocycles. The largest absolute Gasteiger partial charge is 0.475 e. The summed E-state index contributed by atoms with van der Waals surface area (Å²) in [5, 5.41) is 8.93. The van der Waals surface area contributed by atoms with Gasteiger partial charge in [-0.15, -0.1) is 0 Å². The minimum absolute atomic E-state index is 0.209. The Hall–Kier alpha value is -2.76. The number of aromatic nitrogens is 4. The summed E-state index contributed by atoms with van der Waals surface area (Å²) in [5.74, 6) is -0.424. The van der Waals surface area contributed by atoms with E-state index in [4.69, 9.17) is 5.11 Å². The van der Waals surface area contributed by atoms with E-state index in [0.29, 0.717) is 5.69 Å².